The molecule has 1 aliphatic heterocycles. The molecule has 1 unspecified atom stereocenters. The van der Waals surface area contributed by atoms with E-state index in [9.17, 15) is 0 Å². The van der Waals surface area contributed by atoms with E-state index < -0.39 is 0 Å². The van der Waals surface area contributed by atoms with Crippen molar-refractivity contribution < 1.29 is 0 Å². The van der Waals surface area contributed by atoms with Crippen molar-refractivity contribution in [3.63, 3.8) is 0 Å². The van der Waals surface area contributed by atoms with Gasteiger partial charge in [0, 0.05) is 11.4 Å². The monoisotopic (exact) mass is 304 g/mol. The van der Waals surface area contributed by atoms with Gasteiger partial charge in [0.15, 0.2) is 0 Å². The van der Waals surface area contributed by atoms with Crippen molar-refractivity contribution in [2.75, 3.05) is 32.0 Å². The Labute approximate surface area is 116 Å². The third-order valence-electron chi connectivity index (χ3n) is 3.81. The van der Waals surface area contributed by atoms with Gasteiger partial charge < -0.3 is 10.2 Å². The number of nitrogens with one attached hydrogen (secondary N) is 1. The van der Waals surface area contributed by atoms with Crippen LogP contribution in [0.5, 0.6) is 0 Å². The fourth-order valence-electron chi connectivity index (χ4n) is 2.60. The molecule has 0 spiro atoms. The summed E-state index contributed by atoms with van der Waals surface area (Å²) in [5, 5.41) is 4.75. The van der Waals surface area contributed by atoms with Crippen molar-refractivity contribution in [2.45, 2.75) is 57.4 Å². The largest absolute Gasteiger partial charge is 0.317 e. The molecule has 1 rings (SSSR count). The van der Waals surface area contributed by atoms with Crippen molar-refractivity contribution in [3.05, 3.63) is 0 Å². The minimum atomic E-state index is 0.838. The first-order chi connectivity index (χ1) is 8.34. The van der Waals surface area contributed by atoms with Gasteiger partial charge in [-0.3, -0.25) is 0 Å². The van der Waals surface area contributed by atoms with Gasteiger partial charge in [0.1, 0.15) is 0 Å². The van der Waals surface area contributed by atoms with Gasteiger partial charge in [-0.1, -0.05) is 35.2 Å². The second kappa shape index (κ2) is 10.3. The number of nitrogens with zero attached hydrogens (tertiary/aromatic N) is 1. The smallest absolute Gasteiger partial charge is 0.0104 e. The lowest BCUT2D eigenvalue weighted by Gasteiger charge is -2.32. The van der Waals surface area contributed by atoms with Crippen LogP contribution in [0.3, 0.4) is 0 Å². The highest BCUT2D eigenvalue weighted by atomic mass is 79.9. The van der Waals surface area contributed by atoms with Crippen LogP contribution in [0.15, 0.2) is 0 Å². The van der Waals surface area contributed by atoms with E-state index in [1.807, 2.05) is 0 Å². The summed E-state index contributed by atoms with van der Waals surface area (Å²) in [6, 6.07) is 0.838. The Morgan fingerprint density at radius 2 is 1.94 bits per heavy atom. The van der Waals surface area contributed by atoms with Crippen molar-refractivity contribution in [1.82, 2.24) is 10.2 Å². The summed E-state index contributed by atoms with van der Waals surface area (Å²) in [5.41, 5.74) is 0. The highest BCUT2D eigenvalue weighted by Crippen LogP contribution is 2.16. The van der Waals surface area contributed by atoms with Gasteiger partial charge in [0.2, 0.25) is 0 Å². The second-order valence-electron chi connectivity index (χ2n) is 5.27. The molecule has 17 heavy (non-hydrogen) atoms. The molecule has 1 aliphatic rings. The standard InChI is InChI=1S/C14H29BrN2/c1-17-13-7-4-8-14(17)9-12-16-11-6-3-2-5-10-15/h14,16H,2-13H2,1H3. The Morgan fingerprint density at radius 1 is 1.12 bits per heavy atom. The summed E-state index contributed by atoms with van der Waals surface area (Å²) in [7, 11) is 2.28. The van der Waals surface area contributed by atoms with Crippen molar-refractivity contribution in [3.8, 4) is 0 Å². The van der Waals surface area contributed by atoms with Crippen LogP contribution in [0.2, 0.25) is 0 Å². The molecular weight excluding hydrogens is 276 g/mol. The van der Waals surface area contributed by atoms with Crippen LogP contribution in [0.25, 0.3) is 0 Å². The van der Waals surface area contributed by atoms with Crippen LogP contribution in [-0.4, -0.2) is 43.0 Å². The molecule has 1 heterocycles. The van der Waals surface area contributed by atoms with Gasteiger partial charge in [-0.15, -0.1) is 0 Å². The molecule has 1 saturated heterocycles. The van der Waals surface area contributed by atoms with E-state index in [1.165, 1.54) is 71.0 Å². The molecule has 0 radical (unpaired) electrons. The van der Waals surface area contributed by atoms with Gasteiger partial charge >= 0.3 is 0 Å². The predicted molar refractivity (Wildman–Crippen MR) is 80.0 cm³/mol. The Bertz CT molecular complexity index is 176. The van der Waals surface area contributed by atoms with Gasteiger partial charge in [-0.2, -0.15) is 0 Å². The van der Waals surface area contributed by atoms with Gasteiger partial charge in [-0.25, -0.2) is 0 Å². The molecular formula is C14H29BrN2. The SMILES string of the molecule is CN1CCCCC1CCNCCCCCCBr. The molecule has 0 aliphatic carbocycles. The maximum Gasteiger partial charge on any atom is 0.0104 e. The van der Waals surface area contributed by atoms with Crippen LogP contribution in [0, 0.1) is 0 Å². The number of halogens is 1. The Morgan fingerprint density at radius 3 is 2.71 bits per heavy atom. The average Bonchev–Trinajstić information content (AvgIpc) is 2.35. The lowest BCUT2D eigenvalue weighted by molar-refractivity contribution is 0.175. The number of alkyl halides is 1. The summed E-state index contributed by atoms with van der Waals surface area (Å²) < 4.78 is 0. The third kappa shape index (κ3) is 7.43. The topological polar surface area (TPSA) is 15.3 Å². The highest BCUT2D eigenvalue weighted by Gasteiger charge is 2.17. The fraction of sp³-hybridized carbons (Fsp3) is 1.00. The summed E-state index contributed by atoms with van der Waals surface area (Å²) in [6.07, 6.45) is 11.0. The first kappa shape index (κ1) is 15.5. The molecule has 0 aromatic heterocycles. The molecule has 1 N–H and O–H groups in total. The molecule has 0 amide bonds. The maximum absolute atomic E-state index is 3.59. The zero-order valence-corrected chi connectivity index (χ0v) is 13.0. The van der Waals surface area contributed by atoms with Gasteiger partial charge in [-0.05, 0) is 58.8 Å². The zero-order chi connectivity index (χ0) is 12.3. The quantitative estimate of drug-likeness (QED) is 0.519. The maximum atomic E-state index is 3.59. The molecule has 0 bridgehead atoms. The van der Waals surface area contributed by atoms with E-state index in [1.54, 1.807) is 0 Å². The van der Waals surface area contributed by atoms with E-state index >= 15 is 0 Å². The molecule has 2 nitrogen and oxygen atoms in total. The zero-order valence-electron chi connectivity index (χ0n) is 11.4. The third-order valence-corrected chi connectivity index (χ3v) is 4.37. The second-order valence-corrected chi connectivity index (χ2v) is 6.07. The van der Waals surface area contributed by atoms with E-state index in [0.717, 1.165) is 11.4 Å². The van der Waals surface area contributed by atoms with E-state index in [0.29, 0.717) is 0 Å². The van der Waals surface area contributed by atoms with Crippen LogP contribution in [0.1, 0.15) is 51.4 Å². The number of rotatable bonds is 9. The first-order valence-corrected chi connectivity index (χ1v) is 8.43. The number of unbranched alkanes of at least 4 members (excludes halogenated alkanes) is 3. The van der Waals surface area contributed by atoms with Crippen LogP contribution in [0.4, 0.5) is 0 Å². The van der Waals surface area contributed by atoms with Crippen LogP contribution < -0.4 is 5.32 Å². The summed E-state index contributed by atoms with van der Waals surface area (Å²) >= 11 is 3.47. The lowest BCUT2D eigenvalue weighted by Crippen LogP contribution is -2.38. The van der Waals surface area contributed by atoms with Crippen LogP contribution >= 0.6 is 15.9 Å². The molecule has 1 fully saturated rings. The Hall–Kier alpha value is 0.400. The lowest BCUT2D eigenvalue weighted by atomic mass is 10.0. The molecule has 3 heteroatoms. The number of hydrogen-bond donors (Lipinski definition) is 1. The van der Waals surface area contributed by atoms with E-state index in [4.69, 9.17) is 0 Å². The highest BCUT2D eigenvalue weighted by molar-refractivity contribution is 9.09. The Kier molecular flexibility index (Phi) is 9.40. The molecule has 102 valence electrons. The number of likely N-dealkylation sites (tertiary alicyclic amines) is 1. The minimum absolute atomic E-state index is 0.838. The summed E-state index contributed by atoms with van der Waals surface area (Å²) in [6.45, 7) is 3.71. The molecule has 0 aromatic rings. The number of piperidine rings is 1. The number of hydrogen-bond acceptors (Lipinski definition) is 2. The van der Waals surface area contributed by atoms with E-state index in [-0.39, 0.29) is 0 Å². The first-order valence-electron chi connectivity index (χ1n) is 7.31. The van der Waals surface area contributed by atoms with Crippen molar-refractivity contribution in [2.24, 2.45) is 0 Å². The van der Waals surface area contributed by atoms with Crippen LogP contribution in [-0.2, 0) is 0 Å². The van der Waals surface area contributed by atoms with Gasteiger partial charge in [0.25, 0.3) is 0 Å². The molecule has 1 atom stereocenters. The molecule has 0 aromatic carbocycles. The van der Waals surface area contributed by atoms with Crippen molar-refractivity contribution in [1.29, 1.82) is 0 Å². The normalized spacial score (nSPS) is 21.9. The Balaban J connectivity index is 1.86. The van der Waals surface area contributed by atoms with E-state index in [2.05, 4.69) is 33.2 Å². The summed E-state index contributed by atoms with van der Waals surface area (Å²) in [4.78, 5) is 2.54. The molecule has 0 saturated carbocycles. The minimum Gasteiger partial charge on any atom is -0.317 e. The van der Waals surface area contributed by atoms with Gasteiger partial charge in [0.05, 0.1) is 0 Å². The average molecular weight is 305 g/mol. The summed E-state index contributed by atoms with van der Waals surface area (Å²) in [5.74, 6) is 0. The fourth-order valence-corrected chi connectivity index (χ4v) is 3.00. The predicted octanol–water partition coefficient (Wildman–Crippen LogP) is 3.41. The van der Waals surface area contributed by atoms with Crippen molar-refractivity contribution >= 4 is 15.9 Å².